The molecule has 0 spiro atoms. The number of hydrogen-bond acceptors (Lipinski definition) is 3. The maximum Gasteiger partial charge on any atom is 0.358 e. The third kappa shape index (κ3) is 3.78. The highest BCUT2D eigenvalue weighted by Gasteiger charge is 2.28. The fourth-order valence-electron chi connectivity index (χ4n) is 2.58. The van der Waals surface area contributed by atoms with Crippen LogP contribution in [0.5, 0.6) is 0 Å². The lowest BCUT2D eigenvalue weighted by atomic mass is 9.95. The van der Waals surface area contributed by atoms with Gasteiger partial charge in [0.25, 0.3) is 0 Å². The first-order chi connectivity index (χ1) is 10.9. The van der Waals surface area contributed by atoms with Crippen LogP contribution in [0.2, 0.25) is 5.02 Å². The van der Waals surface area contributed by atoms with Gasteiger partial charge in [-0.1, -0.05) is 30.7 Å². The number of halogens is 2. The Bertz CT molecular complexity index is 695. The van der Waals surface area contributed by atoms with Gasteiger partial charge in [-0.15, -0.1) is 0 Å². The maximum atomic E-state index is 12.3. The van der Waals surface area contributed by atoms with Gasteiger partial charge >= 0.3 is 5.97 Å². The smallest absolute Gasteiger partial charge is 0.358 e. The predicted molar refractivity (Wildman–Crippen MR) is 95.2 cm³/mol. The molecule has 4 nitrogen and oxygen atoms in total. The predicted octanol–water partition coefficient (Wildman–Crippen LogP) is 5.21. The summed E-state index contributed by atoms with van der Waals surface area (Å²) in [5.74, 6) is -0.420. The summed E-state index contributed by atoms with van der Waals surface area (Å²) in [6.45, 7) is 8.27. The van der Waals surface area contributed by atoms with E-state index >= 15 is 0 Å². The monoisotopic (exact) mass is 398 g/mol. The molecule has 0 amide bonds. The molecule has 1 aromatic heterocycles. The molecular weight excluding hydrogens is 380 g/mol. The van der Waals surface area contributed by atoms with Gasteiger partial charge in [-0.2, -0.15) is 0 Å². The summed E-state index contributed by atoms with van der Waals surface area (Å²) in [6.07, 6.45) is 0. The Morgan fingerprint density at radius 1 is 1.30 bits per heavy atom. The van der Waals surface area contributed by atoms with Gasteiger partial charge in [-0.25, -0.2) is 9.78 Å². The first-order valence-electron chi connectivity index (χ1n) is 7.57. The first-order valence-corrected chi connectivity index (χ1v) is 8.74. The first kappa shape index (κ1) is 18.0. The quantitative estimate of drug-likeness (QED) is 0.648. The van der Waals surface area contributed by atoms with Crippen LogP contribution < -0.4 is 0 Å². The van der Waals surface area contributed by atoms with Crippen molar-refractivity contribution in [3.05, 3.63) is 51.0 Å². The molecular formula is C17H20BrClN2O2. The molecule has 2 rings (SSSR count). The number of aromatic nitrogens is 2. The Morgan fingerprint density at radius 2 is 1.91 bits per heavy atom. The van der Waals surface area contributed by atoms with Crippen molar-refractivity contribution in [3.63, 3.8) is 0 Å². The second-order valence-corrected chi connectivity index (χ2v) is 6.72. The number of benzene rings is 1. The van der Waals surface area contributed by atoms with E-state index in [4.69, 9.17) is 16.3 Å². The lowest BCUT2D eigenvalue weighted by molar-refractivity contribution is 0.0518. The molecule has 6 heteroatoms. The number of ether oxygens (including phenoxy) is 1. The number of rotatable bonds is 5. The average molecular weight is 400 g/mol. The topological polar surface area (TPSA) is 44.1 Å². The number of hydrogen-bond donors (Lipinski definition) is 0. The Hall–Kier alpha value is -1.33. The van der Waals surface area contributed by atoms with Gasteiger partial charge in [-0.05, 0) is 54.4 Å². The van der Waals surface area contributed by atoms with Crippen LogP contribution in [0.1, 0.15) is 61.4 Å². The third-order valence-electron chi connectivity index (χ3n) is 3.67. The van der Waals surface area contributed by atoms with Crippen molar-refractivity contribution >= 4 is 33.5 Å². The van der Waals surface area contributed by atoms with Crippen molar-refractivity contribution in [2.45, 2.75) is 39.7 Å². The van der Waals surface area contributed by atoms with E-state index in [0.29, 0.717) is 22.1 Å². The van der Waals surface area contributed by atoms with Crippen LogP contribution in [0.3, 0.4) is 0 Å². The molecule has 0 saturated heterocycles. The molecule has 0 aliphatic heterocycles. The normalized spacial score (nSPS) is 12.5. The zero-order valence-electron chi connectivity index (χ0n) is 13.6. The molecule has 2 aromatic rings. The van der Waals surface area contributed by atoms with Crippen molar-refractivity contribution in [2.75, 3.05) is 6.61 Å². The van der Waals surface area contributed by atoms with E-state index in [2.05, 4.69) is 34.8 Å². The zero-order valence-corrected chi connectivity index (χ0v) is 16.0. The molecule has 23 heavy (non-hydrogen) atoms. The number of carbonyl (C=O) groups excluding carboxylic acids is 1. The SMILES string of the molecule is CCOC(=O)c1nc(Br)n(C(C)C)c1C(C)c1ccc(Cl)cc1. The van der Waals surface area contributed by atoms with Crippen molar-refractivity contribution in [1.82, 2.24) is 9.55 Å². The van der Waals surface area contributed by atoms with Gasteiger partial charge in [0.05, 0.1) is 12.3 Å². The molecule has 124 valence electrons. The maximum absolute atomic E-state index is 12.3. The minimum absolute atomic E-state index is 0.0205. The van der Waals surface area contributed by atoms with Crippen LogP contribution in [-0.2, 0) is 4.74 Å². The molecule has 0 radical (unpaired) electrons. The van der Waals surface area contributed by atoms with Crippen molar-refractivity contribution in [3.8, 4) is 0 Å². The van der Waals surface area contributed by atoms with Crippen LogP contribution in [-0.4, -0.2) is 22.1 Å². The molecule has 0 aliphatic rings. The summed E-state index contributed by atoms with van der Waals surface area (Å²) in [4.78, 5) is 16.7. The van der Waals surface area contributed by atoms with Crippen molar-refractivity contribution in [2.24, 2.45) is 0 Å². The molecule has 0 aliphatic carbocycles. The summed E-state index contributed by atoms with van der Waals surface area (Å²) in [7, 11) is 0. The Labute approximate surface area is 149 Å². The van der Waals surface area contributed by atoms with E-state index in [-0.39, 0.29) is 12.0 Å². The number of esters is 1. The minimum Gasteiger partial charge on any atom is -0.461 e. The molecule has 1 unspecified atom stereocenters. The van der Waals surface area contributed by atoms with E-state index < -0.39 is 5.97 Å². The Balaban J connectivity index is 2.57. The van der Waals surface area contributed by atoms with Gasteiger partial charge in [0, 0.05) is 17.0 Å². The number of imidazole rings is 1. The van der Waals surface area contributed by atoms with Crippen LogP contribution in [0, 0.1) is 0 Å². The van der Waals surface area contributed by atoms with Gasteiger partial charge in [0.1, 0.15) is 0 Å². The molecule has 0 saturated carbocycles. The molecule has 0 N–H and O–H groups in total. The van der Waals surface area contributed by atoms with Crippen LogP contribution in [0.25, 0.3) is 0 Å². The van der Waals surface area contributed by atoms with Crippen molar-refractivity contribution in [1.29, 1.82) is 0 Å². The lowest BCUT2D eigenvalue weighted by Crippen LogP contribution is -2.15. The standard InChI is InChI=1S/C17H20BrClN2O2/c1-5-23-16(22)14-15(21(10(2)3)17(18)20-14)11(4)12-6-8-13(19)9-7-12/h6-11H,5H2,1-4H3. The summed E-state index contributed by atoms with van der Waals surface area (Å²) < 4.78 is 7.82. The summed E-state index contributed by atoms with van der Waals surface area (Å²) in [5.41, 5.74) is 2.26. The molecule has 0 fully saturated rings. The molecule has 1 heterocycles. The zero-order chi connectivity index (χ0) is 17.1. The number of nitrogens with zero attached hydrogens (tertiary/aromatic N) is 2. The van der Waals surface area contributed by atoms with Gasteiger partial charge in [0.2, 0.25) is 0 Å². The van der Waals surface area contributed by atoms with E-state index in [9.17, 15) is 4.79 Å². The second-order valence-electron chi connectivity index (χ2n) is 5.57. The second kappa shape index (κ2) is 7.49. The Kier molecular flexibility index (Phi) is 5.87. The fraction of sp³-hybridized carbons (Fsp3) is 0.412. The van der Waals surface area contributed by atoms with Crippen LogP contribution in [0.4, 0.5) is 0 Å². The highest BCUT2D eigenvalue weighted by atomic mass is 79.9. The van der Waals surface area contributed by atoms with Gasteiger partial charge in [-0.3, -0.25) is 0 Å². The Morgan fingerprint density at radius 3 is 2.43 bits per heavy atom. The summed E-state index contributed by atoms with van der Waals surface area (Å²) in [6, 6.07) is 7.79. The van der Waals surface area contributed by atoms with Crippen LogP contribution >= 0.6 is 27.5 Å². The van der Waals surface area contributed by atoms with Crippen molar-refractivity contribution < 1.29 is 9.53 Å². The number of carbonyl (C=O) groups is 1. The third-order valence-corrected chi connectivity index (χ3v) is 4.48. The summed E-state index contributed by atoms with van der Waals surface area (Å²) in [5, 5.41) is 0.685. The lowest BCUT2D eigenvalue weighted by Gasteiger charge is -2.20. The van der Waals surface area contributed by atoms with E-state index in [1.54, 1.807) is 6.92 Å². The van der Waals surface area contributed by atoms with E-state index in [0.717, 1.165) is 11.3 Å². The fourth-order valence-corrected chi connectivity index (χ4v) is 3.48. The average Bonchev–Trinajstić information content (AvgIpc) is 2.85. The van der Waals surface area contributed by atoms with Gasteiger partial charge in [0.15, 0.2) is 10.4 Å². The highest BCUT2D eigenvalue weighted by molar-refractivity contribution is 9.10. The molecule has 0 bridgehead atoms. The van der Waals surface area contributed by atoms with E-state index in [1.165, 1.54) is 0 Å². The largest absolute Gasteiger partial charge is 0.461 e. The molecule has 1 atom stereocenters. The van der Waals surface area contributed by atoms with Gasteiger partial charge < -0.3 is 9.30 Å². The van der Waals surface area contributed by atoms with Crippen LogP contribution in [0.15, 0.2) is 29.0 Å². The molecule has 1 aromatic carbocycles. The minimum atomic E-state index is -0.400. The highest BCUT2D eigenvalue weighted by Crippen LogP contribution is 2.33. The summed E-state index contributed by atoms with van der Waals surface area (Å²) >= 11 is 9.44. The van der Waals surface area contributed by atoms with E-state index in [1.807, 2.05) is 35.8 Å².